The summed E-state index contributed by atoms with van der Waals surface area (Å²) in [5.74, 6) is 1.04. The van der Waals surface area contributed by atoms with E-state index in [-0.39, 0.29) is 17.2 Å². The summed E-state index contributed by atoms with van der Waals surface area (Å²) in [5.41, 5.74) is 4.57. The maximum Gasteiger partial charge on any atom is 0.267 e. The monoisotopic (exact) mass is 535 g/mol. The van der Waals surface area contributed by atoms with E-state index in [4.69, 9.17) is 14.5 Å². The predicted molar refractivity (Wildman–Crippen MR) is 150 cm³/mol. The van der Waals surface area contributed by atoms with Crippen molar-refractivity contribution in [3.8, 4) is 17.2 Å². The summed E-state index contributed by atoms with van der Waals surface area (Å²) < 4.78 is 12.3. The van der Waals surface area contributed by atoms with Gasteiger partial charge in [-0.15, -0.1) is 11.3 Å². The average Bonchev–Trinajstić information content (AvgIpc) is 3.25. The van der Waals surface area contributed by atoms with Crippen LogP contribution in [-0.4, -0.2) is 35.4 Å². The van der Waals surface area contributed by atoms with Crippen molar-refractivity contribution in [3.63, 3.8) is 0 Å². The zero-order valence-corrected chi connectivity index (χ0v) is 23.0. The largest absolute Gasteiger partial charge is 0.497 e. The number of nitrogens with one attached hydrogen (secondary N) is 1. The number of benzene rings is 2. The number of fused-ring (bicyclic) bond motifs is 3. The topological polar surface area (TPSA) is 82.5 Å². The molecule has 1 amide bonds. The molecule has 0 atom stereocenters. The molecule has 0 fully saturated rings. The van der Waals surface area contributed by atoms with Crippen LogP contribution in [-0.2, 0) is 17.6 Å². The molecule has 7 nitrogen and oxygen atoms in total. The number of thiophene rings is 1. The molecule has 9 heteroatoms. The van der Waals surface area contributed by atoms with Crippen molar-refractivity contribution in [1.82, 2.24) is 9.55 Å². The first kappa shape index (κ1) is 25.4. The molecule has 0 unspecified atom stereocenters. The molecule has 2 aromatic carbocycles. The van der Waals surface area contributed by atoms with Crippen LogP contribution in [0.3, 0.4) is 0 Å². The second-order valence-corrected chi connectivity index (χ2v) is 11.2. The number of aromatic nitrogens is 2. The van der Waals surface area contributed by atoms with E-state index in [2.05, 4.69) is 11.4 Å². The SMILES string of the molecule is COc1cc(NC(=O)CSc2nc3sc4c(c3c(=O)n2-c2cc(C)cc(C)c2)CCCC4)cc(OC)c1. The van der Waals surface area contributed by atoms with Gasteiger partial charge in [-0.2, -0.15) is 0 Å². The summed E-state index contributed by atoms with van der Waals surface area (Å²) in [4.78, 5) is 33.9. The van der Waals surface area contributed by atoms with Crippen molar-refractivity contribution in [1.29, 1.82) is 0 Å². The van der Waals surface area contributed by atoms with Crippen molar-refractivity contribution < 1.29 is 14.3 Å². The summed E-state index contributed by atoms with van der Waals surface area (Å²) in [7, 11) is 3.12. The van der Waals surface area contributed by atoms with E-state index in [0.717, 1.165) is 58.3 Å². The van der Waals surface area contributed by atoms with Crippen LogP contribution in [0.15, 0.2) is 46.3 Å². The molecule has 2 aromatic heterocycles. The minimum Gasteiger partial charge on any atom is -0.497 e. The Balaban J connectivity index is 1.51. The third-order valence-electron chi connectivity index (χ3n) is 6.39. The average molecular weight is 536 g/mol. The Kier molecular flexibility index (Phi) is 7.26. The van der Waals surface area contributed by atoms with Crippen LogP contribution in [0.1, 0.15) is 34.4 Å². The van der Waals surface area contributed by atoms with Gasteiger partial charge in [0, 0.05) is 28.8 Å². The molecule has 1 aliphatic carbocycles. The molecule has 4 aromatic rings. The van der Waals surface area contributed by atoms with E-state index in [1.807, 2.05) is 26.0 Å². The molecule has 0 bridgehead atoms. The fourth-order valence-electron chi connectivity index (χ4n) is 4.80. The van der Waals surface area contributed by atoms with Gasteiger partial charge in [-0.3, -0.25) is 14.2 Å². The van der Waals surface area contributed by atoms with Gasteiger partial charge in [0.2, 0.25) is 5.91 Å². The number of carbonyl (C=O) groups excluding carboxylic acids is 1. The summed E-state index contributed by atoms with van der Waals surface area (Å²) in [6.07, 6.45) is 4.14. The number of rotatable bonds is 7. The zero-order valence-electron chi connectivity index (χ0n) is 21.3. The Morgan fingerprint density at radius 2 is 1.70 bits per heavy atom. The molecular weight excluding hydrogens is 506 g/mol. The molecule has 37 heavy (non-hydrogen) atoms. The lowest BCUT2D eigenvalue weighted by atomic mass is 9.97. The van der Waals surface area contributed by atoms with E-state index in [0.29, 0.717) is 22.3 Å². The number of thioether (sulfide) groups is 1. The lowest BCUT2D eigenvalue weighted by Gasteiger charge is -2.15. The van der Waals surface area contributed by atoms with Crippen LogP contribution in [0.4, 0.5) is 5.69 Å². The summed E-state index contributed by atoms with van der Waals surface area (Å²) in [6.45, 7) is 4.03. The third-order valence-corrected chi connectivity index (χ3v) is 8.51. The zero-order chi connectivity index (χ0) is 26.1. The van der Waals surface area contributed by atoms with Gasteiger partial charge in [-0.25, -0.2) is 4.98 Å². The molecule has 0 saturated heterocycles. The maximum atomic E-state index is 14.0. The highest BCUT2D eigenvalue weighted by Gasteiger charge is 2.23. The highest BCUT2D eigenvalue weighted by atomic mass is 32.2. The van der Waals surface area contributed by atoms with Gasteiger partial charge >= 0.3 is 0 Å². The van der Waals surface area contributed by atoms with Crippen molar-refractivity contribution in [3.05, 3.63) is 68.3 Å². The van der Waals surface area contributed by atoms with Gasteiger partial charge in [-0.1, -0.05) is 17.8 Å². The van der Waals surface area contributed by atoms with Gasteiger partial charge in [0.15, 0.2) is 5.16 Å². The third kappa shape index (κ3) is 5.24. The fraction of sp³-hybridized carbons (Fsp3) is 0.321. The number of ether oxygens (including phenoxy) is 2. The van der Waals surface area contributed by atoms with E-state index >= 15 is 0 Å². The van der Waals surface area contributed by atoms with Crippen LogP contribution < -0.4 is 20.3 Å². The minimum atomic E-state index is -0.216. The number of hydrogen-bond acceptors (Lipinski definition) is 7. The van der Waals surface area contributed by atoms with Gasteiger partial charge < -0.3 is 14.8 Å². The molecule has 0 saturated carbocycles. The second-order valence-electron chi connectivity index (χ2n) is 9.21. The van der Waals surface area contributed by atoms with Crippen molar-refractivity contribution in [2.45, 2.75) is 44.7 Å². The standard InChI is InChI=1S/C28H29N3O4S2/c1-16-9-17(2)11-19(10-16)31-27(33)25-22-7-5-6-8-23(22)37-26(25)30-28(31)36-15-24(32)29-18-12-20(34-3)14-21(13-18)35-4/h9-14H,5-8,15H2,1-4H3,(H,29,32). The fourth-order valence-corrected chi connectivity index (χ4v) is 6.91. The van der Waals surface area contributed by atoms with Crippen molar-refractivity contribution >= 4 is 44.9 Å². The van der Waals surface area contributed by atoms with Crippen LogP contribution in [0.2, 0.25) is 0 Å². The number of hydrogen-bond donors (Lipinski definition) is 1. The molecule has 0 radical (unpaired) electrons. The van der Waals surface area contributed by atoms with Crippen molar-refractivity contribution in [2.24, 2.45) is 0 Å². The number of anilines is 1. The number of aryl methyl sites for hydroxylation is 4. The number of methoxy groups -OCH3 is 2. The van der Waals surface area contributed by atoms with Crippen LogP contribution >= 0.6 is 23.1 Å². The maximum absolute atomic E-state index is 14.0. The lowest BCUT2D eigenvalue weighted by Crippen LogP contribution is -2.23. The molecular formula is C28H29N3O4S2. The van der Waals surface area contributed by atoms with E-state index in [9.17, 15) is 9.59 Å². The molecule has 2 heterocycles. The lowest BCUT2D eigenvalue weighted by molar-refractivity contribution is -0.113. The molecule has 5 rings (SSSR count). The van der Waals surface area contributed by atoms with Crippen molar-refractivity contribution in [2.75, 3.05) is 25.3 Å². The van der Waals surface area contributed by atoms with Crippen LogP contribution in [0.5, 0.6) is 11.5 Å². The smallest absolute Gasteiger partial charge is 0.267 e. The summed E-state index contributed by atoms with van der Waals surface area (Å²) >= 11 is 2.88. The first-order valence-electron chi connectivity index (χ1n) is 12.2. The Bertz CT molecular complexity index is 1520. The van der Waals surface area contributed by atoms with Crippen LogP contribution in [0.25, 0.3) is 15.9 Å². The minimum absolute atomic E-state index is 0.0603. The van der Waals surface area contributed by atoms with Gasteiger partial charge in [0.25, 0.3) is 5.56 Å². The summed E-state index contributed by atoms with van der Waals surface area (Å²) in [6, 6.07) is 11.3. The Labute approximate surface area is 223 Å². The first-order valence-corrected chi connectivity index (χ1v) is 14.0. The molecule has 0 aliphatic heterocycles. The van der Waals surface area contributed by atoms with Gasteiger partial charge in [0.05, 0.1) is 31.0 Å². The summed E-state index contributed by atoms with van der Waals surface area (Å²) in [5, 5.41) is 4.14. The van der Waals surface area contributed by atoms with E-state index in [1.165, 1.54) is 16.6 Å². The van der Waals surface area contributed by atoms with Gasteiger partial charge in [0.1, 0.15) is 16.3 Å². The van der Waals surface area contributed by atoms with Gasteiger partial charge in [-0.05, 0) is 68.4 Å². The normalized spacial score (nSPS) is 12.9. The Morgan fingerprint density at radius 3 is 2.38 bits per heavy atom. The first-order chi connectivity index (χ1) is 17.9. The second kappa shape index (κ2) is 10.6. The molecule has 0 spiro atoms. The molecule has 1 aliphatic rings. The predicted octanol–water partition coefficient (Wildman–Crippen LogP) is 5.69. The highest BCUT2D eigenvalue weighted by Crippen LogP contribution is 2.35. The molecule has 192 valence electrons. The van der Waals surface area contributed by atoms with E-state index < -0.39 is 0 Å². The number of amides is 1. The Hall–Kier alpha value is -3.30. The number of nitrogens with zero attached hydrogens (tertiary/aromatic N) is 2. The quantitative estimate of drug-likeness (QED) is 0.242. The highest BCUT2D eigenvalue weighted by molar-refractivity contribution is 7.99. The number of carbonyl (C=O) groups is 1. The van der Waals surface area contributed by atoms with Crippen LogP contribution in [0, 0.1) is 13.8 Å². The molecule has 1 N–H and O–H groups in total. The van der Waals surface area contributed by atoms with E-state index in [1.54, 1.807) is 48.3 Å². The Morgan fingerprint density at radius 1 is 1.03 bits per heavy atom.